The van der Waals surface area contributed by atoms with Crippen LogP contribution in [0.1, 0.15) is 36.2 Å². The fourth-order valence-electron chi connectivity index (χ4n) is 4.95. The van der Waals surface area contributed by atoms with E-state index in [0.29, 0.717) is 5.84 Å². The Morgan fingerprint density at radius 2 is 2.07 bits per heavy atom. The molecule has 2 aromatic rings. The molecule has 1 saturated carbocycles. The maximum Gasteiger partial charge on any atom is 0.236 e. The van der Waals surface area contributed by atoms with E-state index in [1.54, 1.807) is 11.1 Å². The first-order chi connectivity index (χ1) is 14.5. The van der Waals surface area contributed by atoms with E-state index < -0.39 is 5.66 Å². The lowest BCUT2D eigenvalue weighted by molar-refractivity contribution is -0.131. The molecular formula is C22H25N7O. The Balaban J connectivity index is 1.56. The van der Waals surface area contributed by atoms with E-state index in [1.807, 2.05) is 42.8 Å². The van der Waals surface area contributed by atoms with E-state index in [9.17, 15) is 4.79 Å². The Labute approximate surface area is 175 Å². The van der Waals surface area contributed by atoms with E-state index in [2.05, 4.69) is 21.3 Å². The quantitative estimate of drug-likeness (QED) is 0.825. The van der Waals surface area contributed by atoms with Crippen molar-refractivity contribution in [1.29, 1.82) is 0 Å². The zero-order chi connectivity index (χ0) is 20.5. The van der Waals surface area contributed by atoms with Gasteiger partial charge in [-0.25, -0.2) is 14.5 Å². The number of carbonyl (C=O) groups excluding carboxylic acids is 1. The monoisotopic (exact) mass is 403 g/mol. The van der Waals surface area contributed by atoms with Crippen molar-refractivity contribution in [1.82, 2.24) is 29.7 Å². The molecule has 1 N–H and O–H groups in total. The van der Waals surface area contributed by atoms with Gasteiger partial charge in [-0.05, 0) is 50.5 Å². The zero-order valence-electron chi connectivity index (χ0n) is 17.3. The fraction of sp³-hybridized carbons (Fsp3) is 0.455. The van der Waals surface area contributed by atoms with E-state index >= 15 is 0 Å². The third-order valence-corrected chi connectivity index (χ3v) is 6.70. The SMILES string of the molecule is Cc1cn2nc(C3(N4CCNC5(CC5)C4)CC(=O)N4C=CC=CC4=N3)cc(C)c2n1. The average molecular weight is 403 g/mol. The normalized spacial score (nSPS) is 27.6. The summed E-state index contributed by atoms with van der Waals surface area (Å²) in [6, 6.07) is 2.07. The fourth-order valence-corrected chi connectivity index (χ4v) is 4.95. The van der Waals surface area contributed by atoms with Crippen LogP contribution in [-0.2, 0) is 10.5 Å². The Kier molecular flexibility index (Phi) is 3.65. The van der Waals surface area contributed by atoms with Gasteiger partial charge in [-0.3, -0.25) is 14.6 Å². The number of nitrogens with one attached hydrogen (secondary N) is 1. The van der Waals surface area contributed by atoms with Crippen molar-refractivity contribution >= 4 is 17.4 Å². The third kappa shape index (κ3) is 2.60. The molecule has 0 aromatic carbocycles. The largest absolute Gasteiger partial charge is 0.309 e. The van der Waals surface area contributed by atoms with Crippen molar-refractivity contribution in [3.8, 4) is 0 Å². The standard InChI is InChI=1S/C22H25N7O/c1-15-11-17(26-29-13-16(2)24-20(15)29)22(27-10-8-23-21(14-27)6-7-21)12-19(30)28-9-4-3-5-18(28)25-22/h3-5,9,11,13,23H,6-8,10,12,14H2,1-2H3. The molecule has 0 bridgehead atoms. The van der Waals surface area contributed by atoms with Crippen LogP contribution in [-0.4, -0.2) is 61.3 Å². The van der Waals surface area contributed by atoms with Gasteiger partial charge in [-0.2, -0.15) is 5.10 Å². The molecular weight excluding hydrogens is 378 g/mol. The average Bonchev–Trinajstić information content (AvgIpc) is 3.35. The van der Waals surface area contributed by atoms with Crippen molar-refractivity contribution in [3.63, 3.8) is 0 Å². The molecule has 2 fully saturated rings. The van der Waals surface area contributed by atoms with Gasteiger partial charge >= 0.3 is 0 Å². The lowest BCUT2D eigenvalue weighted by atomic mass is 9.93. The van der Waals surface area contributed by atoms with Crippen LogP contribution in [0.2, 0.25) is 0 Å². The molecule has 1 aliphatic carbocycles. The number of carbonyl (C=O) groups is 1. The highest BCUT2D eigenvalue weighted by Gasteiger charge is 2.54. The molecule has 6 rings (SSSR count). The number of piperazine rings is 1. The van der Waals surface area contributed by atoms with Crippen LogP contribution in [0, 0.1) is 13.8 Å². The summed E-state index contributed by atoms with van der Waals surface area (Å²) in [6.07, 6.45) is 12.1. The molecule has 1 saturated heterocycles. The van der Waals surface area contributed by atoms with Gasteiger partial charge in [0.25, 0.3) is 0 Å². The number of nitrogens with zero attached hydrogens (tertiary/aromatic N) is 6. The Hall–Kier alpha value is -2.84. The minimum atomic E-state index is -0.812. The van der Waals surface area contributed by atoms with Crippen LogP contribution in [0.25, 0.3) is 5.65 Å². The number of imidazole rings is 1. The molecule has 0 radical (unpaired) electrons. The Bertz CT molecular complexity index is 1160. The molecule has 1 unspecified atom stereocenters. The molecule has 2 aromatic heterocycles. The second kappa shape index (κ2) is 6.09. The van der Waals surface area contributed by atoms with Gasteiger partial charge in [-0.1, -0.05) is 6.08 Å². The van der Waals surface area contributed by atoms with Crippen molar-refractivity contribution in [2.24, 2.45) is 4.99 Å². The number of amidine groups is 1. The van der Waals surface area contributed by atoms with Crippen molar-refractivity contribution in [2.75, 3.05) is 19.6 Å². The molecule has 30 heavy (non-hydrogen) atoms. The van der Waals surface area contributed by atoms with Crippen LogP contribution in [0.15, 0.2) is 41.7 Å². The zero-order valence-corrected chi connectivity index (χ0v) is 17.3. The Morgan fingerprint density at radius 3 is 2.90 bits per heavy atom. The van der Waals surface area contributed by atoms with Crippen LogP contribution in [0.5, 0.6) is 0 Å². The van der Waals surface area contributed by atoms with E-state index in [1.165, 1.54) is 12.8 Å². The summed E-state index contributed by atoms with van der Waals surface area (Å²) in [4.78, 5) is 27.1. The first-order valence-electron chi connectivity index (χ1n) is 10.6. The lowest BCUT2D eigenvalue weighted by Gasteiger charge is -2.47. The number of hydrogen-bond acceptors (Lipinski definition) is 6. The first kappa shape index (κ1) is 18.0. The van der Waals surface area contributed by atoms with Gasteiger partial charge in [0.1, 0.15) is 11.5 Å². The molecule has 1 spiro atoms. The van der Waals surface area contributed by atoms with E-state index in [0.717, 1.165) is 42.2 Å². The van der Waals surface area contributed by atoms with Crippen LogP contribution >= 0.6 is 0 Å². The predicted molar refractivity (Wildman–Crippen MR) is 113 cm³/mol. The summed E-state index contributed by atoms with van der Waals surface area (Å²) in [7, 11) is 0. The van der Waals surface area contributed by atoms with E-state index in [-0.39, 0.29) is 17.9 Å². The number of amides is 1. The summed E-state index contributed by atoms with van der Waals surface area (Å²) in [5.74, 6) is 0.726. The topological polar surface area (TPSA) is 78.1 Å². The van der Waals surface area contributed by atoms with Crippen molar-refractivity contribution < 1.29 is 4.79 Å². The number of aromatic nitrogens is 3. The highest BCUT2D eigenvalue weighted by Crippen LogP contribution is 2.44. The number of rotatable bonds is 2. The van der Waals surface area contributed by atoms with Gasteiger partial charge < -0.3 is 5.32 Å². The highest BCUT2D eigenvalue weighted by molar-refractivity contribution is 6.08. The van der Waals surface area contributed by atoms with Gasteiger partial charge in [0.15, 0.2) is 11.3 Å². The molecule has 4 aliphatic rings. The van der Waals surface area contributed by atoms with Gasteiger partial charge in [-0.15, -0.1) is 0 Å². The summed E-state index contributed by atoms with van der Waals surface area (Å²) >= 11 is 0. The van der Waals surface area contributed by atoms with Crippen LogP contribution in [0.4, 0.5) is 0 Å². The minimum Gasteiger partial charge on any atom is -0.309 e. The van der Waals surface area contributed by atoms with E-state index in [4.69, 9.17) is 10.1 Å². The predicted octanol–water partition coefficient (Wildman–Crippen LogP) is 1.65. The molecule has 1 amide bonds. The third-order valence-electron chi connectivity index (χ3n) is 6.70. The number of fused-ring (bicyclic) bond motifs is 2. The second-order valence-corrected chi connectivity index (χ2v) is 8.92. The van der Waals surface area contributed by atoms with Crippen molar-refractivity contribution in [3.05, 3.63) is 53.6 Å². The Morgan fingerprint density at radius 1 is 1.20 bits per heavy atom. The van der Waals surface area contributed by atoms with Crippen LogP contribution in [0.3, 0.4) is 0 Å². The van der Waals surface area contributed by atoms with Gasteiger partial charge in [0, 0.05) is 31.4 Å². The molecule has 1 atom stereocenters. The highest BCUT2D eigenvalue weighted by atomic mass is 16.2. The molecule has 5 heterocycles. The van der Waals surface area contributed by atoms with Gasteiger partial charge in [0.05, 0.1) is 18.3 Å². The first-order valence-corrected chi connectivity index (χ1v) is 10.6. The number of aliphatic imine (C=N–C) groups is 1. The van der Waals surface area contributed by atoms with Crippen LogP contribution < -0.4 is 5.32 Å². The molecule has 154 valence electrons. The minimum absolute atomic E-state index is 0.0466. The maximum atomic E-state index is 13.3. The summed E-state index contributed by atoms with van der Waals surface area (Å²) in [6.45, 7) is 6.61. The summed E-state index contributed by atoms with van der Waals surface area (Å²) in [5, 5.41) is 8.61. The maximum absolute atomic E-state index is 13.3. The summed E-state index contributed by atoms with van der Waals surface area (Å²) < 4.78 is 1.84. The second-order valence-electron chi connectivity index (χ2n) is 8.92. The number of allylic oxidation sites excluding steroid dienone is 2. The number of aryl methyl sites for hydroxylation is 2. The molecule has 8 heteroatoms. The summed E-state index contributed by atoms with van der Waals surface area (Å²) in [5.41, 5.74) is 2.98. The smallest absolute Gasteiger partial charge is 0.236 e. The van der Waals surface area contributed by atoms with Crippen molar-refractivity contribution in [2.45, 2.75) is 44.3 Å². The molecule has 3 aliphatic heterocycles. The van der Waals surface area contributed by atoms with Gasteiger partial charge in [0.2, 0.25) is 5.91 Å². The number of hydrogen-bond donors (Lipinski definition) is 1. The molecule has 8 nitrogen and oxygen atoms in total. The lowest BCUT2D eigenvalue weighted by Crippen LogP contribution is -2.62.